The topological polar surface area (TPSA) is 129 Å². The van der Waals surface area contributed by atoms with Gasteiger partial charge < -0.3 is 24.8 Å². The van der Waals surface area contributed by atoms with E-state index < -0.39 is 42.0 Å². The van der Waals surface area contributed by atoms with Gasteiger partial charge in [-0.3, -0.25) is 24.2 Å². The van der Waals surface area contributed by atoms with Crippen LogP contribution in [0, 0.1) is 29.1 Å². The van der Waals surface area contributed by atoms with Crippen LogP contribution in [0.25, 0.3) is 0 Å². The Labute approximate surface area is 305 Å². The summed E-state index contributed by atoms with van der Waals surface area (Å²) in [6.07, 6.45) is 3.67. The van der Waals surface area contributed by atoms with Crippen LogP contribution in [0.4, 0.5) is 0 Å². The first-order chi connectivity index (χ1) is 23.0. The largest absolute Gasteiger partial charge is 0.460 e. The summed E-state index contributed by atoms with van der Waals surface area (Å²) < 4.78 is 6.19. The predicted octanol–water partition coefficient (Wildman–Crippen LogP) is 5.18. The van der Waals surface area contributed by atoms with Crippen LogP contribution in [0.3, 0.4) is 0 Å². The Bertz CT molecular complexity index is 1310. The molecule has 10 atom stereocenters. The first kappa shape index (κ1) is 43.3. The van der Waals surface area contributed by atoms with Crippen LogP contribution in [-0.2, 0) is 28.7 Å². The molecule has 2 aliphatic rings. The van der Waals surface area contributed by atoms with Crippen LogP contribution in [0.2, 0.25) is 0 Å². The number of amides is 4. The molecule has 50 heavy (non-hydrogen) atoms. The van der Waals surface area contributed by atoms with Crippen molar-refractivity contribution in [1.29, 1.82) is 0 Å². The van der Waals surface area contributed by atoms with Crippen LogP contribution in [0.15, 0.2) is 16.6 Å². The summed E-state index contributed by atoms with van der Waals surface area (Å²) in [5.74, 6) is -0.812. The van der Waals surface area contributed by atoms with Crippen molar-refractivity contribution in [2.45, 2.75) is 139 Å². The van der Waals surface area contributed by atoms with Gasteiger partial charge in [0.15, 0.2) is 0 Å². The number of esters is 1. The second kappa shape index (κ2) is 18.0. The molecule has 2 rings (SSSR count). The maximum absolute atomic E-state index is 14.1. The normalized spacial score (nSPS) is 34.3. The molecule has 284 valence electrons. The lowest BCUT2D eigenvalue weighted by atomic mass is 9.80. The van der Waals surface area contributed by atoms with Crippen LogP contribution in [-0.4, -0.2) is 113 Å². The van der Waals surface area contributed by atoms with Crippen molar-refractivity contribution in [3.05, 3.63) is 11.6 Å². The molecule has 2 heterocycles. The number of rotatable bonds is 2. The van der Waals surface area contributed by atoms with Crippen molar-refractivity contribution in [3.8, 4) is 0 Å². The number of thioether (sulfide) groups is 1. The fourth-order valence-corrected chi connectivity index (χ4v) is 7.72. The minimum atomic E-state index is -0.924. The number of fused-ring (bicyclic) bond motifs is 1. The predicted molar refractivity (Wildman–Crippen MR) is 202 cm³/mol. The summed E-state index contributed by atoms with van der Waals surface area (Å²) >= 11 is 1.72. The highest BCUT2D eigenvalue weighted by Gasteiger charge is 2.40. The summed E-state index contributed by atoms with van der Waals surface area (Å²) in [5, 5.41) is 3.84. The number of nitrogens with one attached hydrogen (secondary N) is 1. The highest BCUT2D eigenvalue weighted by Crippen LogP contribution is 2.35. The van der Waals surface area contributed by atoms with Crippen LogP contribution < -0.4 is 5.32 Å². The number of hydrogen-bond acceptors (Lipinski definition) is 8. The Morgan fingerprint density at radius 3 is 2.04 bits per heavy atom. The van der Waals surface area contributed by atoms with E-state index in [4.69, 9.17) is 9.73 Å². The van der Waals surface area contributed by atoms with Crippen molar-refractivity contribution in [3.63, 3.8) is 0 Å². The van der Waals surface area contributed by atoms with Crippen LogP contribution in [0.1, 0.15) is 102 Å². The summed E-state index contributed by atoms with van der Waals surface area (Å²) in [7, 11) is 4.64. The van der Waals surface area contributed by atoms with Gasteiger partial charge in [-0.05, 0) is 63.7 Å². The number of hydrogen-bond donors (Lipinski definition) is 1. The van der Waals surface area contributed by atoms with E-state index in [1.54, 1.807) is 53.6 Å². The van der Waals surface area contributed by atoms with Gasteiger partial charge in [0, 0.05) is 38.4 Å². The molecule has 12 heteroatoms. The Hall–Kier alpha value is -2.89. The van der Waals surface area contributed by atoms with Crippen LogP contribution in [0.5, 0.6) is 0 Å². The lowest BCUT2D eigenvalue weighted by Gasteiger charge is -2.39. The standard InChI is InChI=1S/C38H65N5O6S/c1-16-22(3)31-36(47)42(14)28(9)37(48)49-30(38(10,11)12)18-21(2)17-23(4)25(6)33-40-29(20-50-33)19-24(5)32(44)39-26(7)34(45)41(13)27(8)35(46)43(31)15/h19,21-23,25-31H,16-18,20H2,1-15H3,(H,39,44)/b24-19+/t21-,22-,23-,25+,26-,27-,28-,29-,30-,31-/m0/s1. The smallest absolute Gasteiger partial charge is 0.328 e. The molecule has 0 saturated carbocycles. The molecule has 11 nitrogen and oxygen atoms in total. The molecule has 0 aromatic carbocycles. The van der Waals surface area contributed by atoms with Crippen molar-refractivity contribution >= 4 is 46.4 Å². The molecule has 0 fully saturated rings. The third-order valence-corrected chi connectivity index (χ3v) is 12.1. The maximum atomic E-state index is 14.1. The number of ether oxygens (including phenoxy) is 1. The molecular weight excluding hydrogens is 655 g/mol. The molecule has 0 aromatic heterocycles. The number of carbonyl (C=O) groups excluding carboxylic acids is 5. The van der Waals surface area contributed by atoms with Gasteiger partial charge in [-0.25, -0.2) is 4.79 Å². The zero-order chi connectivity index (χ0) is 38.4. The van der Waals surface area contributed by atoms with Gasteiger partial charge in [0.2, 0.25) is 23.6 Å². The zero-order valence-corrected chi connectivity index (χ0v) is 34.1. The van der Waals surface area contributed by atoms with Gasteiger partial charge in [0.1, 0.15) is 30.3 Å². The molecule has 1 N–H and O–H groups in total. The Balaban J connectivity index is 2.53. The van der Waals surface area contributed by atoms with E-state index in [0.717, 1.165) is 17.2 Å². The lowest BCUT2D eigenvalue weighted by molar-refractivity contribution is -0.166. The zero-order valence-electron chi connectivity index (χ0n) is 33.3. The van der Waals surface area contributed by atoms with E-state index in [9.17, 15) is 24.0 Å². The molecule has 0 aliphatic carbocycles. The van der Waals surface area contributed by atoms with Gasteiger partial charge in [0.05, 0.1) is 11.1 Å². The SMILES string of the molecule is CC[C@H](C)[C@H]1C(=O)N(C)[C@@H](C)C(=O)O[C@H](C(C)(C)C)C[C@@H](C)C[C@H](C)[C@@H](C)C2=N[C@@H](/C=C(\C)C(=O)N[C@@H](C)C(=O)N(C)[C@@H](C)C(=O)N1C)CS2. The number of aliphatic imine (C=N–C) groups is 1. The minimum absolute atomic E-state index is 0.143. The number of cyclic esters (lactones) is 1. The van der Waals surface area contributed by atoms with E-state index in [1.807, 2.05) is 19.9 Å². The molecule has 0 aromatic rings. The van der Waals surface area contributed by atoms with Crippen LogP contribution >= 0.6 is 11.8 Å². The van der Waals surface area contributed by atoms with Gasteiger partial charge in [-0.2, -0.15) is 0 Å². The number of carbonyl (C=O) groups is 5. The quantitative estimate of drug-likeness (QED) is 0.390. The maximum Gasteiger partial charge on any atom is 0.328 e. The van der Waals surface area contributed by atoms with E-state index in [2.05, 4.69) is 46.9 Å². The van der Waals surface area contributed by atoms with Crippen molar-refractivity contribution in [2.24, 2.45) is 34.1 Å². The number of nitrogens with zero attached hydrogens (tertiary/aromatic N) is 4. The first-order valence-corrected chi connectivity index (χ1v) is 19.2. The Kier molecular flexibility index (Phi) is 15.6. The third kappa shape index (κ3) is 10.8. The minimum Gasteiger partial charge on any atom is -0.460 e. The van der Waals surface area contributed by atoms with Gasteiger partial charge in [0.25, 0.3) is 0 Å². The van der Waals surface area contributed by atoms with E-state index in [1.165, 1.54) is 21.7 Å². The van der Waals surface area contributed by atoms with E-state index in [-0.39, 0.29) is 47.1 Å². The summed E-state index contributed by atoms with van der Waals surface area (Å²) in [6.45, 7) is 23.2. The number of likely N-dealkylation sites (N-methyl/N-ethyl adjacent to an activating group) is 3. The first-order valence-electron chi connectivity index (χ1n) is 18.2. The fourth-order valence-electron chi connectivity index (χ4n) is 6.51. The van der Waals surface area contributed by atoms with E-state index >= 15 is 0 Å². The Morgan fingerprint density at radius 1 is 0.900 bits per heavy atom. The third-order valence-electron chi connectivity index (χ3n) is 10.8. The molecule has 0 unspecified atom stereocenters. The summed E-state index contributed by atoms with van der Waals surface area (Å²) in [5.41, 5.74) is 0.144. The molecule has 0 saturated heterocycles. The van der Waals surface area contributed by atoms with Gasteiger partial charge in [-0.15, -0.1) is 11.8 Å². The second-order valence-corrected chi connectivity index (χ2v) is 17.1. The van der Waals surface area contributed by atoms with Crippen molar-refractivity contribution in [2.75, 3.05) is 26.9 Å². The van der Waals surface area contributed by atoms with Gasteiger partial charge in [-0.1, -0.05) is 67.9 Å². The summed E-state index contributed by atoms with van der Waals surface area (Å²) in [6, 6.07) is -3.73. The second-order valence-electron chi connectivity index (χ2n) is 16.1. The average Bonchev–Trinajstić information content (AvgIpc) is 3.52. The Morgan fingerprint density at radius 2 is 1.48 bits per heavy atom. The molecule has 0 spiro atoms. The monoisotopic (exact) mass is 719 g/mol. The summed E-state index contributed by atoms with van der Waals surface area (Å²) in [4.78, 5) is 77.2. The molecule has 2 bridgehead atoms. The highest BCUT2D eigenvalue weighted by molar-refractivity contribution is 8.14. The van der Waals surface area contributed by atoms with Crippen molar-refractivity contribution < 1.29 is 28.7 Å². The highest BCUT2D eigenvalue weighted by atomic mass is 32.2. The molecule has 0 radical (unpaired) electrons. The molecular formula is C38H65N5O6S. The molecule has 4 amide bonds. The van der Waals surface area contributed by atoms with E-state index in [0.29, 0.717) is 24.3 Å². The fraction of sp³-hybridized carbons (Fsp3) is 0.789. The average molecular weight is 720 g/mol. The molecule has 2 aliphatic heterocycles. The lowest BCUT2D eigenvalue weighted by Crippen LogP contribution is -2.59. The van der Waals surface area contributed by atoms with Crippen molar-refractivity contribution in [1.82, 2.24) is 20.0 Å². The van der Waals surface area contributed by atoms with Gasteiger partial charge >= 0.3 is 5.97 Å².